The van der Waals surface area contributed by atoms with Crippen LogP contribution in [0.3, 0.4) is 0 Å². The van der Waals surface area contributed by atoms with Gasteiger partial charge in [0.1, 0.15) is 5.82 Å². The molecule has 0 amide bonds. The summed E-state index contributed by atoms with van der Waals surface area (Å²) in [4.78, 5) is 10.8. The van der Waals surface area contributed by atoms with Gasteiger partial charge in [-0.1, -0.05) is 13.0 Å². The van der Waals surface area contributed by atoms with Gasteiger partial charge >= 0.3 is 0 Å². The highest BCUT2D eigenvalue weighted by Gasteiger charge is 2.08. The van der Waals surface area contributed by atoms with Crippen LogP contribution >= 0.6 is 0 Å². The Morgan fingerprint density at radius 2 is 1.95 bits per heavy atom. The molecule has 0 aliphatic carbocycles. The highest BCUT2D eigenvalue weighted by molar-refractivity contribution is 5.46. The maximum absolute atomic E-state index is 4.52. The summed E-state index contributed by atoms with van der Waals surface area (Å²) >= 11 is 0. The zero-order chi connectivity index (χ0) is 14.2. The van der Waals surface area contributed by atoms with Crippen LogP contribution in [0.5, 0.6) is 0 Å². The number of hydrogen-bond acceptors (Lipinski definition) is 4. The van der Waals surface area contributed by atoms with E-state index in [2.05, 4.69) is 52.4 Å². The molecule has 0 atom stereocenters. The second-order valence-corrected chi connectivity index (χ2v) is 4.79. The van der Waals surface area contributed by atoms with Crippen LogP contribution in [-0.2, 0) is 13.0 Å². The topological polar surface area (TPSA) is 41.1 Å². The zero-order valence-corrected chi connectivity index (χ0v) is 12.2. The van der Waals surface area contributed by atoms with E-state index in [0.717, 1.165) is 31.9 Å². The summed E-state index contributed by atoms with van der Waals surface area (Å²) in [5.74, 6) is 1.06. The molecule has 0 radical (unpaired) electrons. The van der Waals surface area contributed by atoms with Crippen LogP contribution in [0.2, 0.25) is 0 Å². The first kappa shape index (κ1) is 14.5. The van der Waals surface area contributed by atoms with Crippen molar-refractivity contribution in [2.45, 2.75) is 19.9 Å². The van der Waals surface area contributed by atoms with E-state index in [4.69, 9.17) is 0 Å². The molecule has 2 aromatic heterocycles. The third kappa shape index (κ3) is 4.03. The summed E-state index contributed by atoms with van der Waals surface area (Å²) in [7, 11) is 2.10. The quantitative estimate of drug-likeness (QED) is 0.838. The predicted molar refractivity (Wildman–Crippen MR) is 82.8 cm³/mol. The summed E-state index contributed by atoms with van der Waals surface area (Å²) in [5, 5.41) is 3.36. The molecule has 4 nitrogen and oxygen atoms in total. The van der Waals surface area contributed by atoms with Crippen molar-refractivity contribution in [3.05, 3.63) is 54.0 Å². The molecular formula is C16H22N4. The molecule has 0 aromatic carbocycles. The lowest BCUT2D eigenvalue weighted by Gasteiger charge is -2.21. The van der Waals surface area contributed by atoms with Crippen LogP contribution in [0, 0.1) is 0 Å². The number of rotatable bonds is 7. The first-order chi connectivity index (χ1) is 9.81. The normalized spacial score (nSPS) is 10.5. The van der Waals surface area contributed by atoms with Crippen LogP contribution in [0.1, 0.15) is 18.1 Å². The Balaban J connectivity index is 1.99. The van der Waals surface area contributed by atoms with E-state index in [0.29, 0.717) is 0 Å². The molecule has 0 fully saturated rings. The molecule has 0 saturated carbocycles. The van der Waals surface area contributed by atoms with Gasteiger partial charge in [-0.05, 0) is 36.7 Å². The van der Waals surface area contributed by atoms with Crippen LogP contribution in [0.15, 0.2) is 42.9 Å². The Kier molecular flexibility index (Phi) is 5.50. The van der Waals surface area contributed by atoms with Gasteiger partial charge in [0.15, 0.2) is 0 Å². The molecule has 20 heavy (non-hydrogen) atoms. The third-order valence-corrected chi connectivity index (χ3v) is 3.28. The molecule has 0 bridgehead atoms. The first-order valence-electron chi connectivity index (χ1n) is 7.06. The maximum Gasteiger partial charge on any atom is 0.132 e. The maximum atomic E-state index is 4.52. The monoisotopic (exact) mass is 270 g/mol. The molecule has 2 heterocycles. The molecule has 106 valence electrons. The summed E-state index contributed by atoms with van der Waals surface area (Å²) in [5.41, 5.74) is 2.54. The average molecular weight is 270 g/mol. The first-order valence-corrected chi connectivity index (χ1v) is 7.06. The fourth-order valence-corrected chi connectivity index (χ4v) is 2.12. The van der Waals surface area contributed by atoms with E-state index >= 15 is 0 Å². The Bertz CT molecular complexity index is 513. The Hall–Kier alpha value is -1.94. The van der Waals surface area contributed by atoms with E-state index in [1.807, 2.05) is 24.7 Å². The van der Waals surface area contributed by atoms with Crippen LogP contribution < -0.4 is 10.2 Å². The van der Waals surface area contributed by atoms with Gasteiger partial charge in [0.05, 0.1) is 0 Å². The van der Waals surface area contributed by atoms with Crippen molar-refractivity contribution in [1.29, 1.82) is 0 Å². The predicted octanol–water partition coefficient (Wildman–Crippen LogP) is 2.27. The number of anilines is 1. The fraction of sp³-hybridized carbons (Fsp3) is 0.375. The van der Waals surface area contributed by atoms with Gasteiger partial charge in [-0.2, -0.15) is 0 Å². The van der Waals surface area contributed by atoms with Gasteiger partial charge < -0.3 is 10.2 Å². The smallest absolute Gasteiger partial charge is 0.132 e. The van der Waals surface area contributed by atoms with Crippen molar-refractivity contribution in [2.75, 3.05) is 25.0 Å². The molecule has 0 spiro atoms. The number of nitrogens with one attached hydrogen (secondary N) is 1. The fourth-order valence-electron chi connectivity index (χ4n) is 2.12. The SMILES string of the molecule is CCNCc1cccnc1N(C)CCc1ccncc1. The van der Waals surface area contributed by atoms with Gasteiger partial charge in [0.2, 0.25) is 0 Å². The lowest BCUT2D eigenvalue weighted by molar-refractivity contribution is 0.718. The Labute approximate surface area is 120 Å². The van der Waals surface area contributed by atoms with Crippen molar-refractivity contribution >= 4 is 5.82 Å². The van der Waals surface area contributed by atoms with Crippen molar-refractivity contribution in [3.8, 4) is 0 Å². The molecule has 0 aliphatic heterocycles. The number of aromatic nitrogens is 2. The van der Waals surface area contributed by atoms with Crippen LogP contribution in [-0.4, -0.2) is 30.1 Å². The van der Waals surface area contributed by atoms with Gasteiger partial charge in [0.25, 0.3) is 0 Å². The minimum atomic E-state index is 0.860. The minimum Gasteiger partial charge on any atom is -0.359 e. The molecule has 2 rings (SSSR count). The van der Waals surface area contributed by atoms with Crippen molar-refractivity contribution in [1.82, 2.24) is 15.3 Å². The Morgan fingerprint density at radius 1 is 1.15 bits per heavy atom. The largest absolute Gasteiger partial charge is 0.359 e. The van der Waals surface area contributed by atoms with Crippen molar-refractivity contribution in [3.63, 3.8) is 0 Å². The van der Waals surface area contributed by atoms with Gasteiger partial charge in [-0.3, -0.25) is 4.98 Å². The van der Waals surface area contributed by atoms with Crippen LogP contribution in [0.25, 0.3) is 0 Å². The molecule has 0 saturated heterocycles. The Morgan fingerprint density at radius 3 is 2.70 bits per heavy atom. The number of likely N-dealkylation sites (N-methyl/N-ethyl adjacent to an activating group) is 1. The van der Waals surface area contributed by atoms with E-state index in [-0.39, 0.29) is 0 Å². The standard InChI is InChI=1S/C16H22N4/c1-3-17-13-15-5-4-9-19-16(15)20(2)12-8-14-6-10-18-11-7-14/h4-7,9-11,17H,3,8,12-13H2,1-2H3. The minimum absolute atomic E-state index is 0.860. The van der Waals surface area contributed by atoms with E-state index < -0.39 is 0 Å². The third-order valence-electron chi connectivity index (χ3n) is 3.28. The number of hydrogen-bond donors (Lipinski definition) is 1. The summed E-state index contributed by atoms with van der Waals surface area (Å²) in [6, 6.07) is 8.25. The average Bonchev–Trinajstić information content (AvgIpc) is 2.52. The van der Waals surface area contributed by atoms with Crippen LogP contribution in [0.4, 0.5) is 5.82 Å². The van der Waals surface area contributed by atoms with E-state index in [1.165, 1.54) is 11.1 Å². The van der Waals surface area contributed by atoms with Gasteiger partial charge in [-0.15, -0.1) is 0 Å². The molecule has 0 unspecified atom stereocenters. The molecular weight excluding hydrogens is 248 g/mol. The molecule has 4 heteroatoms. The van der Waals surface area contributed by atoms with Gasteiger partial charge in [0, 0.05) is 44.3 Å². The molecule has 0 aliphatic rings. The zero-order valence-electron chi connectivity index (χ0n) is 12.2. The van der Waals surface area contributed by atoms with E-state index in [1.54, 1.807) is 0 Å². The second-order valence-electron chi connectivity index (χ2n) is 4.79. The summed E-state index contributed by atoms with van der Waals surface area (Å²) in [6.45, 7) is 4.89. The molecule has 2 aromatic rings. The lowest BCUT2D eigenvalue weighted by atomic mass is 10.2. The van der Waals surface area contributed by atoms with Crippen molar-refractivity contribution < 1.29 is 0 Å². The second kappa shape index (κ2) is 7.60. The summed E-state index contributed by atoms with van der Waals surface area (Å²) in [6.07, 6.45) is 6.53. The summed E-state index contributed by atoms with van der Waals surface area (Å²) < 4.78 is 0. The highest BCUT2D eigenvalue weighted by atomic mass is 15.2. The lowest BCUT2D eigenvalue weighted by Crippen LogP contribution is -2.24. The molecule has 1 N–H and O–H groups in total. The highest BCUT2D eigenvalue weighted by Crippen LogP contribution is 2.16. The number of pyridine rings is 2. The van der Waals surface area contributed by atoms with Gasteiger partial charge in [-0.25, -0.2) is 4.98 Å². The van der Waals surface area contributed by atoms with Crippen molar-refractivity contribution in [2.24, 2.45) is 0 Å². The number of nitrogens with zero attached hydrogens (tertiary/aromatic N) is 3. The van der Waals surface area contributed by atoms with E-state index in [9.17, 15) is 0 Å².